The Hall–Kier alpha value is -5.65. The number of fused-ring (bicyclic) bond motifs is 2. The maximum absolute atomic E-state index is 11.7. The molecule has 0 atom stereocenters. The van der Waals surface area contributed by atoms with Crippen molar-refractivity contribution < 1.29 is 4.79 Å². The van der Waals surface area contributed by atoms with E-state index in [4.69, 9.17) is 0 Å². The number of nitrogens with zero attached hydrogens (tertiary/aromatic N) is 3. The zero-order valence-corrected chi connectivity index (χ0v) is 28.6. The predicted molar refractivity (Wildman–Crippen MR) is 204 cm³/mol. The number of H-pyrrole nitrogens is 2. The molecule has 2 aromatic heterocycles. The summed E-state index contributed by atoms with van der Waals surface area (Å²) in [6.45, 7) is 5.02. The first-order chi connectivity index (χ1) is 25.0. The number of hydrogen-bond donors (Lipinski definition) is 5. The van der Waals surface area contributed by atoms with Crippen LogP contribution in [-0.2, 0) is 6.54 Å². The third kappa shape index (κ3) is 10.2. The van der Waals surface area contributed by atoms with Crippen LogP contribution in [0.5, 0.6) is 0 Å². The zero-order valence-electron chi connectivity index (χ0n) is 28.6. The number of rotatable bonds is 7. The Kier molecular flexibility index (Phi) is 12.3. The molecule has 0 bridgehead atoms. The highest BCUT2D eigenvalue weighted by molar-refractivity contribution is 5.88. The molecule has 51 heavy (non-hydrogen) atoms. The first-order valence-corrected chi connectivity index (χ1v) is 17.5. The Balaban J connectivity index is 0.000000145. The second kappa shape index (κ2) is 17.8. The quantitative estimate of drug-likeness (QED) is 0.136. The first-order valence-electron chi connectivity index (χ1n) is 17.5. The summed E-state index contributed by atoms with van der Waals surface area (Å²) in [7, 11) is 0. The summed E-state index contributed by atoms with van der Waals surface area (Å²) >= 11 is 0. The Bertz CT molecular complexity index is 2130. The lowest BCUT2D eigenvalue weighted by Crippen LogP contribution is -2.39. The summed E-state index contributed by atoms with van der Waals surface area (Å²) in [6.07, 6.45) is 11.3. The van der Waals surface area contributed by atoms with E-state index in [-0.39, 0.29) is 11.1 Å². The number of carbonyl (C=O) groups is 1. The molecule has 262 valence electrons. The van der Waals surface area contributed by atoms with E-state index in [0.29, 0.717) is 23.7 Å². The molecular formula is C40H44N8O3. The fourth-order valence-electron chi connectivity index (χ4n) is 6.37. The Morgan fingerprint density at radius 2 is 1.20 bits per heavy atom. The number of nitrogens with one attached hydrogen (secondary N) is 5. The minimum atomic E-state index is -0.152. The summed E-state index contributed by atoms with van der Waals surface area (Å²) < 4.78 is 0. The molecule has 2 fully saturated rings. The molecule has 0 spiro atoms. The van der Waals surface area contributed by atoms with Crippen molar-refractivity contribution in [3.63, 3.8) is 0 Å². The van der Waals surface area contributed by atoms with Gasteiger partial charge < -0.3 is 25.9 Å². The molecule has 0 radical (unpaired) electrons. The number of likely N-dealkylation sites (tertiary alicyclic amines) is 1. The zero-order chi connectivity index (χ0) is 35.3. The number of benzene rings is 4. The van der Waals surface area contributed by atoms with Crippen molar-refractivity contribution in [3.8, 4) is 0 Å². The molecule has 0 unspecified atom stereocenters. The van der Waals surface area contributed by atoms with Crippen LogP contribution in [-0.4, -0.2) is 69.4 Å². The van der Waals surface area contributed by atoms with Crippen LogP contribution in [0.25, 0.3) is 21.5 Å². The molecule has 0 amide bonds. The van der Waals surface area contributed by atoms with Gasteiger partial charge in [-0.05, 0) is 78.0 Å². The monoisotopic (exact) mass is 684 g/mol. The SMILES string of the molecule is O=Cc1ccc2ccccc2c1.O=c1[nH]ccnc1NC1CCN(Cc2ccc3ccccc3c2)CC1.O=c1[nH]ccnc1NC1CCNCC1. The summed E-state index contributed by atoms with van der Waals surface area (Å²) in [6, 6.07) is 29.5. The normalized spacial score (nSPS) is 15.2. The number of hydrogen-bond acceptors (Lipinski definition) is 9. The van der Waals surface area contributed by atoms with Gasteiger partial charge in [-0.1, -0.05) is 72.8 Å². The summed E-state index contributed by atoms with van der Waals surface area (Å²) in [5.74, 6) is 0.856. The van der Waals surface area contributed by atoms with Gasteiger partial charge in [0.15, 0.2) is 11.6 Å². The van der Waals surface area contributed by atoms with Crippen LogP contribution < -0.4 is 27.1 Å². The van der Waals surface area contributed by atoms with Gasteiger partial charge in [-0.3, -0.25) is 19.3 Å². The lowest BCUT2D eigenvalue weighted by molar-refractivity contribution is 0.112. The van der Waals surface area contributed by atoms with Crippen molar-refractivity contribution in [2.24, 2.45) is 0 Å². The average molecular weight is 685 g/mol. The van der Waals surface area contributed by atoms with Crippen LogP contribution in [0.1, 0.15) is 41.6 Å². The lowest BCUT2D eigenvalue weighted by atomic mass is 10.0. The highest BCUT2D eigenvalue weighted by atomic mass is 16.1. The summed E-state index contributed by atoms with van der Waals surface area (Å²) in [5.41, 5.74) is 1.78. The minimum absolute atomic E-state index is 0.147. The molecule has 8 rings (SSSR count). The van der Waals surface area contributed by atoms with Crippen molar-refractivity contribution in [2.45, 2.75) is 44.3 Å². The fraction of sp³-hybridized carbons (Fsp3) is 0.275. The van der Waals surface area contributed by atoms with Gasteiger partial charge in [0.1, 0.15) is 6.29 Å². The number of aromatic nitrogens is 4. The van der Waals surface area contributed by atoms with E-state index in [0.717, 1.165) is 75.6 Å². The van der Waals surface area contributed by atoms with Crippen LogP contribution in [0.2, 0.25) is 0 Å². The van der Waals surface area contributed by atoms with Crippen molar-refractivity contribution in [3.05, 3.63) is 142 Å². The molecule has 4 heterocycles. The molecule has 11 nitrogen and oxygen atoms in total. The summed E-state index contributed by atoms with van der Waals surface area (Å²) in [4.78, 5) is 49.3. The van der Waals surface area contributed by atoms with E-state index >= 15 is 0 Å². The van der Waals surface area contributed by atoms with Gasteiger partial charge in [0.2, 0.25) is 0 Å². The highest BCUT2D eigenvalue weighted by Gasteiger charge is 2.20. The molecule has 0 saturated carbocycles. The van der Waals surface area contributed by atoms with E-state index < -0.39 is 0 Å². The molecule has 2 aliphatic heterocycles. The molecule has 11 heteroatoms. The molecule has 2 saturated heterocycles. The second-order valence-electron chi connectivity index (χ2n) is 12.8. The molecular weight excluding hydrogens is 640 g/mol. The molecule has 4 aromatic carbocycles. The maximum Gasteiger partial charge on any atom is 0.290 e. The van der Waals surface area contributed by atoms with Gasteiger partial charge in [0, 0.05) is 62.1 Å². The average Bonchev–Trinajstić information content (AvgIpc) is 3.18. The van der Waals surface area contributed by atoms with E-state index in [1.807, 2.05) is 42.5 Å². The van der Waals surface area contributed by atoms with Crippen LogP contribution in [0.15, 0.2) is 119 Å². The lowest BCUT2D eigenvalue weighted by Gasteiger charge is -2.32. The van der Waals surface area contributed by atoms with E-state index in [2.05, 4.69) is 83.3 Å². The molecule has 2 aliphatic rings. The van der Waals surface area contributed by atoms with Gasteiger partial charge in [0.05, 0.1) is 0 Å². The van der Waals surface area contributed by atoms with Crippen LogP contribution >= 0.6 is 0 Å². The number of aromatic amines is 2. The van der Waals surface area contributed by atoms with Crippen molar-refractivity contribution in [2.75, 3.05) is 36.8 Å². The number of anilines is 2. The predicted octanol–water partition coefficient (Wildman–Crippen LogP) is 5.59. The van der Waals surface area contributed by atoms with Crippen molar-refractivity contribution in [1.82, 2.24) is 30.2 Å². The number of piperidine rings is 2. The van der Waals surface area contributed by atoms with Crippen LogP contribution in [0.4, 0.5) is 11.6 Å². The number of carbonyl (C=O) groups excluding carboxylic acids is 1. The smallest absolute Gasteiger partial charge is 0.290 e. The van der Waals surface area contributed by atoms with Gasteiger partial charge in [-0.15, -0.1) is 0 Å². The van der Waals surface area contributed by atoms with Crippen molar-refractivity contribution in [1.29, 1.82) is 0 Å². The second-order valence-corrected chi connectivity index (χ2v) is 12.8. The standard InChI is InChI=1S/C20H22N4O.C11H8O.C9H14N4O/c25-20-19(21-9-10-22-20)23-18-7-11-24(12-8-18)14-15-5-6-16-3-1-2-4-17(16)13-15;12-8-9-5-6-10-3-1-2-4-11(10)7-9;14-9-8(11-5-6-12-9)13-7-1-3-10-4-2-7/h1-6,9-10,13,18H,7-8,11-12,14H2,(H,21,23)(H,22,25);1-8H;5-7,10H,1-4H2,(H,11,13)(H,12,14). The Labute approximate surface area is 296 Å². The third-order valence-electron chi connectivity index (χ3n) is 9.15. The van der Waals surface area contributed by atoms with Gasteiger partial charge in [-0.25, -0.2) is 9.97 Å². The van der Waals surface area contributed by atoms with Gasteiger partial charge >= 0.3 is 0 Å². The Morgan fingerprint density at radius 3 is 1.76 bits per heavy atom. The van der Waals surface area contributed by atoms with E-state index in [1.165, 1.54) is 27.9 Å². The third-order valence-corrected chi connectivity index (χ3v) is 9.15. The highest BCUT2D eigenvalue weighted by Crippen LogP contribution is 2.20. The molecule has 0 aliphatic carbocycles. The minimum Gasteiger partial charge on any atom is -0.363 e. The van der Waals surface area contributed by atoms with Crippen LogP contribution in [0.3, 0.4) is 0 Å². The number of aldehydes is 1. The first kappa shape index (κ1) is 35.2. The Morgan fingerprint density at radius 1 is 0.667 bits per heavy atom. The molecule has 6 aromatic rings. The molecule has 5 N–H and O–H groups in total. The largest absolute Gasteiger partial charge is 0.363 e. The fourth-order valence-corrected chi connectivity index (χ4v) is 6.37. The van der Waals surface area contributed by atoms with E-state index in [1.54, 1.807) is 18.6 Å². The van der Waals surface area contributed by atoms with E-state index in [9.17, 15) is 14.4 Å². The summed E-state index contributed by atoms with van der Waals surface area (Å²) in [5, 5.41) is 14.6. The van der Waals surface area contributed by atoms with Crippen molar-refractivity contribution >= 4 is 39.5 Å². The van der Waals surface area contributed by atoms with Crippen LogP contribution in [0, 0.1) is 0 Å². The topological polar surface area (TPSA) is 148 Å². The van der Waals surface area contributed by atoms with Gasteiger partial charge in [0.25, 0.3) is 11.1 Å². The van der Waals surface area contributed by atoms with Gasteiger partial charge in [-0.2, -0.15) is 0 Å². The maximum atomic E-state index is 11.7.